The van der Waals surface area contributed by atoms with Crippen LogP contribution in [-0.4, -0.2) is 33.3 Å². The Kier molecular flexibility index (Phi) is 6.24. The van der Waals surface area contributed by atoms with Gasteiger partial charge in [-0.3, -0.25) is 0 Å². The Morgan fingerprint density at radius 2 is 1.12 bits per heavy atom. The van der Waals surface area contributed by atoms with Crippen molar-refractivity contribution in [3.8, 4) is 0 Å². The third-order valence-corrected chi connectivity index (χ3v) is 5.84. The molecule has 1 aliphatic rings. The second kappa shape index (κ2) is 9.27. The molecule has 3 aromatic carbocycles. The Morgan fingerprint density at radius 3 is 1.61 bits per heavy atom. The molecule has 1 aliphatic carbocycles. The zero-order valence-electron chi connectivity index (χ0n) is 18.7. The molecule has 1 atom stereocenters. The van der Waals surface area contributed by atoms with E-state index >= 15 is 0 Å². The van der Waals surface area contributed by atoms with E-state index in [1.807, 2.05) is 91.0 Å². The summed E-state index contributed by atoms with van der Waals surface area (Å²) in [5.41, 5.74) is 2.16. The van der Waals surface area contributed by atoms with Gasteiger partial charge in [0.15, 0.2) is 5.60 Å². The number of esters is 2. The van der Waals surface area contributed by atoms with Gasteiger partial charge in [-0.25, -0.2) is 9.59 Å². The number of carbonyl (C=O) groups is 2. The lowest BCUT2D eigenvalue weighted by Crippen LogP contribution is -2.35. The quantitative estimate of drug-likeness (QED) is 0.516. The first-order valence-electron chi connectivity index (χ1n) is 10.5. The monoisotopic (exact) mass is 440 g/mol. The average molecular weight is 440 g/mol. The lowest BCUT2D eigenvalue weighted by Gasteiger charge is -2.34. The second-order valence-corrected chi connectivity index (χ2v) is 7.47. The molecule has 0 aliphatic heterocycles. The van der Waals surface area contributed by atoms with E-state index in [4.69, 9.17) is 14.2 Å². The second-order valence-electron chi connectivity index (χ2n) is 7.47. The molecule has 0 spiro atoms. The van der Waals surface area contributed by atoms with Crippen molar-refractivity contribution in [2.24, 2.45) is 0 Å². The van der Waals surface area contributed by atoms with Crippen molar-refractivity contribution in [3.63, 3.8) is 0 Å². The molecule has 0 heterocycles. The number of hydrogen-bond acceptors (Lipinski definition) is 5. The van der Waals surface area contributed by atoms with Crippen LogP contribution in [0.2, 0.25) is 0 Å². The minimum absolute atomic E-state index is 0.226. The molecule has 0 bridgehead atoms. The number of benzene rings is 3. The van der Waals surface area contributed by atoms with Crippen LogP contribution in [0, 0.1) is 0 Å². The summed E-state index contributed by atoms with van der Waals surface area (Å²) < 4.78 is 16.7. The number of ether oxygens (including phenoxy) is 3. The van der Waals surface area contributed by atoms with Crippen LogP contribution >= 0.6 is 0 Å². The molecule has 5 nitrogen and oxygen atoms in total. The first kappa shape index (κ1) is 22.2. The van der Waals surface area contributed by atoms with Crippen LogP contribution in [0.3, 0.4) is 0 Å². The zero-order chi connectivity index (χ0) is 23.4. The van der Waals surface area contributed by atoms with Gasteiger partial charge < -0.3 is 14.2 Å². The summed E-state index contributed by atoms with van der Waals surface area (Å²) in [7, 11) is 4.18. The Bertz CT molecular complexity index is 1230. The number of rotatable bonds is 6. The largest absolute Gasteiger partial charge is 0.466 e. The topological polar surface area (TPSA) is 61.8 Å². The van der Waals surface area contributed by atoms with Crippen molar-refractivity contribution in [3.05, 3.63) is 119 Å². The van der Waals surface area contributed by atoms with Gasteiger partial charge >= 0.3 is 11.9 Å². The SMILES string of the molecule is COC(=O)C1=C(c2ccccc2)C(OC)(c2ccccc2)C(C(=O)OC)=C1c1ccccc1. The summed E-state index contributed by atoms with van der Waals surface area (Å²) in [5.74, 6) is -1.16. The summed E-state index contributed by atoms with van der Waals surface area (Å²) in [6.45, 7) is 0. The molecule has 4 rings (SSSR count). The highest BCUT2D eigenvalue weighted by Crippen LogP contribution is 2.57. The normalized spacial score (nSPS) is 17.8. The number of hydrogen-bond donors (Lipinski definition) is 0. The summed E-state index contributed by atoms with van der Waals surface area (Å²) in [6, 6.07) is 28.0. The minimum atomic E-state index is -1.40. The Hall–Kier alpha value is -3.96. The first-order valence-corrected chi connectivity index (χ1v) is 10.5. The third-order valence-electron chi connectivity index (χ3n) is 5.84. The van der Waals surface area contributed by atoms with E-state index in [9.17, 15) is 9.59 Å². The van der Waals surface area contributed by atoms with Crippen molar-refractivity contribution in [2.75, 3.05) is 21.3 Å². The van der Waals surface area contributed by atoms with Gasteiger partial charge in [0.2, 0.25) is 0 Å². The average Bonchev–Trinajstić information content (AvgIpc) is 3.21. The molecule has 0 radical (unpaired) electrons. The van der Waals surface area contributed by atoms with E-state index < -0.39 is 17.5 Å². The summed E-state index contributed by atoms with van der Waals surface area (Å²) in [6.07, 6.45) is 0. The lowest BCUT2D eigenvalue weighted by molar-refractivity contribution is -0.138. The van der Waals surface area contributed by atoms with Crippen LogP contribution in [0.15, 0.2) is 102 Å². The molecule has 0 saturated carbocycles. The first-order chi connectivity index (χ1) is 16.1. The maximum atomic E-state index is 13.4. The van der Waals surface area contributed by atoms with Gasteiger partial charge in [-0.1, -0.05) is 91.0 Å². The predicted octanol–water partition coefficient (Wildman–Crippen LogP) is 4.80. The fraction of sp³-hybridized carbons (Fsp3) is 0.143. The number of carbonyl (C=O) groups excluding carboxylic acids is 2. The van der Waals surface area contributed by atoms with Crippen molar-refractivity contribution < 1.29 is 23.8 Å². The highest BCUT2D eigenvalue weighted by molar-refractivity contribution is 6.24. The Morgan fingerprint density at radius 1 is 0.636 bits per heavy atom. The van der Waals surface area contributed by atoms with E-state index in [2.05, 4.69) is 0 Å². The van der Waals surface area contributed by atoms with Gasteiger partial charge in [0.05, 0.1) is 25.4 Å². The van der Waals surface area contributed by atoms with Crippen LogP contribution in [0.25, 0.3) is 11.1 Å². The van der Waals surface area contributed by atoms with Crippen LogP contribution in [0.4, 0.5) is 0 Å². The zero-order valence-corrected chi connectivity index (χ0v) is 18.7. The predicted molar refractivity (Wildman–Crippen MR) is 126 cm³/mol. The van der Waals surface area contributed by atoms with Crippen molar-refractivity contribution in [1.29, 1.82) is 0 Å². The van der Waals surface area contributed by atoms with Crippen LogP contribution in [0.5, 0.6) is 0 Å². The fourth-order valence-corrected chi connectivity index (χ4v) is 4.51. The molecule has 0 fully saturated rings. The van der Waals surface area contributed by atoms with E-state index in [0.29, 0.717) is 22.3 Å². The highest BCUT2D eigenvalue weighted by atomic mass is 16.5. The molecular formula is C28H24O5. The van der Waals surface area contributed by atoms with Crippen molar-refractivity contribution >= 4 is 23.1 Å². The molecule has 0 N–H and O–H groups in total. The van der Waals surface area contributed by atoms with E-state index in [1.165, 1.54) is 21.3 Å². The molecule has 3 aromatic rings. The third kappa shape index (κ3) is 3.56. The van der Waals surface area contributed by atoms with Crippen molar-refractivity contribution in [2.45, 2.75) is 5.60 Å². The van der Waals surface area contributed by atoms with Gasteiger partial charge in [-0.15, -0.1) is 0 Å². The maximum Gasteiger partial charge on any atom is 0.338 e. The molecule has 1 unspecified atom stereocenters. The van der Waals surface area contributed by atoms with Crippen molar-refractivity contribution in [1.82, 2.24) is 0 Å². The molecular weight excluding hydrogens is 416 g/mol. The highest BCUT2D eigenvalue weighted by Gasteiger charge is 2.54. The Balaban J connectivity index is 2.24. The van der Waals surface area contributed by atoms with Gasteiger partial charge in [-0.05, 0) is 16.7 Å². The van der Waals surface area contributed by atoms with Gasteiger partial charge in [0.1, 0.15) is 0 Å². The van der Waals surface area contributed by atoms with Crippen LogP contribution in [0.1, 0.15) is 16.7 Å². The fourth-order valence-electron chi connectivity index (χ4n) is 4.51. The summed E-state index contributed by atoms with van der Waals surface area (Å²) in [5, 5.41) is 0. The van der Waals surface area contributed by atoms with Gasteiger partial charge in [0, 0.05) is 18.3 Å². The summed E-state index contributed by atoms with van der Waals surface area (Å²) >= 11 is 0. The molecule has 5 heteroatoms. The standard InChI is InChI=1S/C28H24O5/c1-31-26(29)23-22(19-13-7-4-8-14-19)25(27(30)32-2)28(33-3,21-17-11-6-12-18-21)24(23)20-15-9-5-10-16-20/h4-18H,1-3H3. The Labute approximate surface area is 192 Å². The molecule has 0 saturated heterocycles. The maximum absolute atomic E-state index is 13.4. The molecule has 0 aromatic heterocycles. The minimum Gasteiger partial charge on any atom is -0.466 e. The van der Waals surface area contributed by atoms with Crippen LogP contribution < -0.4 is 0 Å². The van der Waals surface area contributed by atoms with E-state index in [-0.39, 0.29) is 11.1 Å². The van der Waals surface area contributed by atoms with Gasteiger partial charge in [0.25, 0.3) is 0 Å². The van der Waals surface area contributed by atoms with Gasteiger partial charge in [-0.2, -0.15) is 0 Å². The molecule has 166 valence electrons. The molecule has 33 heavy (non-hydrogen) atoms. The van der Waals surface area contributed by atoms with E-state index in [0.717, 1.165) is 5.56 Å². The summed E-state index contributed by atoms with van der Waals surface area (Å²) in [4.78, 5) is 26.8. The lowest BCUT2D eigenvalue weighted by atomic mass is 9.79. The van der Waals surface area contributed by atoms with Crippen LogP contribution in [-0.2, 0) is 29.4 Å². The van der Waals surface area contributed by atoms with E-state index in [1.54, 1.807) is 0 Å². The smallest absolute Gasteiger partial charge is 0.338 e. The number of methoxy groups -OCH3 is 3. The molecule has 0 amide bonds.